The van der Waals surface area contributed by atoms with Crippen molar-refractivity contribution >= 4 is 23.4 Å². The molecule has 156 valence electrons. The Labute approximate surface area is 167 Å². The van der Waals surface area contributed by atoms with Crippen LogP contribution in [0, 0.1) is 11.8 Å². The number of likely N-dealkylation sites (tertiary alicyclic amines) is 1. The number of carbonyl (C=O) groups is 3. The predicted molar refractivity (Wildman–Crippen MR) is 108 cm³/mol. The number of Topliss-reactive ketones (excluding diaryl/α,β-unsaturated/α-hetero) is 1. The van der Waals surface area contributed by atoms with Crippen LogP contribution in [0.5, 0.6) is 0 Å². The first-order valence-electron chi connectivity index (χ1n) is 11.0. The normalized spacial score (nSPS) is 24.2. The number of nitrogens with one attached hydrogen (secondary N) is 2. The summed E-state index contributed by atoms with van der Waals surface area (Å²) < 4.78 is 0. The molecule has 1 heterocycles. The van der Waals surface area contributed by atoms with Crippen LogP contribution in [-0.4, -0.2) is 48.0 Å². The molecule has 2 N–H and O–H groups in total. The van der Waals surface area contributed by atoms with Crippen LogP contribution in [0.15, 0.2) is 5.10 Å². The van der Waals surface area contributed by atoms with Gasteiger partial charge in [0, 0.05) is 25.9 Å². The van der Waals surface area contributed by atoms with Crippen LogP contribution in [0.2, 0.25) is 0 Å². The van der Waals surface area contributed by atoms with Gasteiger partial charge in [0.15, 0.2) is 0 Å². The van der Waals surface area contributed by atoms with Crippen LogP contribution in [0.25, 0.3) is 0 Å². The molecule has 2 saturated carbocycles. The summed E-state index contributed by atoms with van der Waals surface area (Å²) in [7, 11) is 1.93. The molecule has 0 spiro atoms. The molecule has 1 unspecified atom stereocenters. The topological polar surface area (TPSA) is 90.9 Å². The molecular formula is C21H34N4O3. The molecule has 3 aliphatic rings. The molecule has 1 aliphatic heterocycles. The number of hydrogen-bond acceptors (Lipinski definition) is 4. The zero-order valence-electron chi connectivity index (χ0n) is 17.0. The number of hydrogen-bond donors (Lipinski definition) is 2. The van der Waals surface area contributed by atoms with Crippen LogP contribution >= 0.6 is 0 Å². The number of rotatable bonds is 6. The fourth-order valence-corrected chi connectivity index (χ4v) is 4.75. The Morgan fingerprint density at radius 2 is 1.61 bits per heavy atom. The largest absolute Gasteiger partial charge is 0.362 e. The summed E-state index contributed by atoms with van der Waals surface area (Å²) in [6, 6.07) is -0.726. The molecule has 0 aromatic carbocycles. The van der Waals surface area contributed by atoms with Crippen LogP contribution in [0.4, 0.5) is 0 Å². The molecule has 0 radical (unpaired) electrons. The van der Waals surface area contributed by atoms with Gasteiger partial charge in [-0.15, -0.1) is 0 Å². The quantitative estimate of drug-likeness (QED) is 0.538. The number of amidine groups is 1. The molecule has 7 nitrogen and oxygen atoms in total. The maximum absolute atomic E-state index is 12.9. The number of carbonyl (C=O) groups excluding carboxylic acids is 3. The summed E-state index contributed by atoms with van der Waals surface area (Å²) >= 11 is 0. The van der Waals surface area contributed by atoms with Crippen molar-refractivity contribution in [3.8, 4) is 0 Å². The summed E-state index contributed by atoms with van der Waals surface area (Å²) in [5.41, 5.74) is 2.43. The summed E-state index contributed by atoms with van der Waals surface area (Å²) in [6.45, 7) is 0.908. The summed E-state index contributed by atoms with van der Waals surface area (Å²) in [5.74, 6) is -0.516. The molecular weight excluding hydrogens is 356 g/mol. The Morgan fingerprint density at radius 1 is 0.964 bits per heavy atom. The van der Waals surface area contributed by atoms with Gasteiger partial charge >= 0.3 is 5.91 Å². The third-order valence-electron chi connectivity index (χ3n) is 6.52. The molecule has 1 atom stereocenters. The highest BCUT2D eigenvalue weighted by atomic mass is 16.2. The van der Waals surface area contributed by atoms with Crippen molar-refractivity contribution in [2.75, 3.05) is 13.6 Å². The van der Waals surface area contributed by atoms with E-state index in [0.29, 0.717) is 0 Å². The SMILES string of the molecule is CN1CCCC1=NNC(=O)C(=O)C(NC(=O)C1CCCCC1)C1CCCCC1. The fraction of sp³-hybridized carbons (Fsp3) is 0.810. The van der Waals surface area contributed by atoms with E-state index >= 15 is 0 Å². The summed E-state index contributed by atoms with van der Waals surface area (Å²) in [4.78, 5) is 40.2. The molecule has 0 bridgehead atoms. The Balaban J connectivity index is 1.65. The van der Waals surface area contributed by atoms with Crippen molar-refractivity contribution in [3.63, 3.8) is 0 Å². The van der Waals surface area contributed by atoms with E-state index in [9.17, 15) is 14.4 Å². The van der Waals surface area contributed by atoms with Crippen LogP contribution in [-0.2, 0) is 14.4 Å². The third kappa shape index (κ3) is 5.32. The molecule has 3 rings (SSSR count). The van der Waals surface area contributed by atoms with Gasteiger partial charge in [-0.3, -0.25) is 14.4 Å². The molecule has 7 heteroatoms. The lowest BCUT2D eigenvalue weighted by Crippen LogP contribution is -2.52. The van der Waals surface area contributed by atoms with E-state index in [1.54, 1.807) is 0 Å². The van der Waals surface area contributed by atoms with Gasteiger partial charge < -0.3 is 10.2 Å². The highest BCUT2D eigenvalue weighted by Crippen LogP contribution is 2.28. The maximum atomic E-state index is 12.9. The lowest BCUT2D eigenvalue weighted by molar-refractivity contribution is -0.141. The van der Waals surface area contributed by atoms with Crippen molar-refractivity contribution in [1.82, 2.24) is 15.6 Å². The first kappa shape index (κ1) is 20.8. The lowest BCUT2D eigenvalue weighted by atomic mass is 9.81. The first-order valence-corrected chi connectivity index (χ1v) is 11.0. The van der Waals surface area contributed by atoms with Crippen LogP contribution in [0.3, 0.4) is 0 Å². The van der Waals surface area contributed by atoms with Crippen molar-refractivity contribution in [2.24, 2.45) is 16.9 Å². The Bertz CT molecular complexity index is 607. The van der Waals surface area contributed by atoms with Gasteiger partial charge in [0.05, 0.1) is 0 Å². The second kappa shape index (κ2) is 10.0. The Kier molecular flexibility index (Phi) is 7.45. The average molecular weight is 391 g/mol. The van der Waals surface area contributed by atoms with Gasteiger partial charge in [-0.25, -0.2) is 5.43 Å². The number of hydrazone groups is 1. The van der Waals surface area contributed by atoms with Gasteiger partial charge in [-0.05, 0) is 38.0 Å². The minimum absolute atomic E-state index is 0.0249. The smallest absolute Gasteiger partial charge is 0.309 e. The molecule has 1 saturated heterocycles. The average Bonchev–Trinajstić information content (AvgIpc) is 3.15. The van der Waals surface area contributed by atoms with Gasteiger partial charge in [0.2, 0.25) is 11.7 Å². The third-order valence-corrected chi connectivity index (χ3v) is 6.52. The number of nitrogens with zero attached hydrogens (tertiary/aromatic N) is 2. The van der Waals surface area contributed by atoms with Crippen LogP contribution in [0.1, 0.15) is 77.0 Å². The van der Waals surface area contributed by atoms with Crippen molar-refractivity contribution in [2.45, 2.75) is 83.1 Å². The van der Waals surface area contributed by atoms with Crippen molar-refractivity contribution in [3.05, 3.63) is 0 Å². The standard InChI is InChI=1S/C21H34N4O3/c1-25-14-8-13-17(25)23-24-21(28)19(26)18(15-9-4-2-5-10-15)22-20(27)16-11-6-3-7-12-16/h15-16,18H,2-14H2,1H3,(H,22,27)(H,24,28). The number of ketones is 1. The van der Waals surface area contributed by atoms with Crippen molar-refractivity contribution in [1.29, 1.82) is 0 Å². The van der Waals surface area contributed by atoms with Gasteiger partial charge in [-0.1, -0.05) is 38.5 Å². The molecule has 2 amide bonds. The first-order chi connectivity index (χ1) is 13.6. The lowest BCUT2D eigenvalue weighted by Gasteiger charge is -2.31. The minimum Gasteiger partial charge on any atom is -0.362 e. The predicted octanol–water partition coefficient (Wildman–Crippen LogP) is 2.36. The molecule has 0 aromatic heterocycles. The zero-order valence-corrected chi connectivity index (χ0v) is 17.0. The minimum atomic E-state index is -0.726. The van der Waals surface area contributed by atoms with Gasteiger partial charge in [-0.2, -0.15) is 5.10 Å². The Morgan fingerprint density at radius 3 is 2.21 bits per heavy atom. The second-order valence-electron chi connectivity index (χ2n) is 8.58. The highest BCUT2D eigenvalue weighted by molar-refractivity contribution is 6.38. The van der Waals surface area contributed by atoms with Gasteiger partial charge in [0.1, 0.15) is 11.9 Å². The van der Waals surface area contributed by atoms with Crippen molar-refractivity contribution < 1.29 is 14.4 Å². The molecule has 28 heavy (non-hydrogen) atoms. The van der Waals surface area contributed by atoms with Crippen LogP contribution < -0.4 is 10.7 Å². The monoisotopic (exact) mass is 390 g/mol. The van der Waals surface area contributed by atoms with E-state index < -0.39 is 17.7 Å². The number of amides is 2. The maximum Gasteiger partial charge on any atom is 0.309 e. The Hall–Kier alpha value is -1.92. The van der Waals surface area contributed by atoms with E-state index in [0.717, 1.165) is 83.0 Å². The molecule has 3 fully saturated rings. The van der Waals surface area contributed by atoms with Gasteiger partial charge in [0.25, 0.3) is 0 Å². The molecule has 0 aromatic rings. The van der Waals surface area contributed by atoms with E-state index in [1.165, 1.54) is 6.42 Å². The second-order valence-corrected chi connectivity index (χ2v) is 8.58. The zero-order chi connectivity index (χ0) is 19.9. The summed E-state index contributed by atoms with van der Waals surface area (Å²) in [5, 5.41) is 7.10. The van der Waals surface area contributed by atoms with E-state index in [2.05, 4.69) is 15.8 Å². The highest BCUT2D eigenvalue weighted by Gasteiger charge is 2.36. The van der Waals surface area contributed by atoms with E-state index in [1.807, 2.05) is 11.9 Å². The van der Waals surface area contributed by atoms with E-state index in [-0.39, 0.29) is 17.7 Å². The molecule has 2 aliphatic carbocycles. The summed E-state index contributed by atoms with van der Waals surface area (Å²) in [6.07, 6.45) is 11.9. The van der Waals surface area contributed by atoms with E-state index in [4.69, 9.17) is 0 Å². The fourth-order valence-electron chi connectivity index (χ4n) is 4.75.